The first-order valence-electron chi connectivity index (χ1n) is 6.30. The maximum atomic E-state index is 7.34. The highest BCUT2D eigenvalue weighted by Crippen LogP contribution is 2.11. The molecule has 1 heterocycles. The first-order chi connectivity index (χ1) is 9.15. The molecule has 2 rings (SSSR count). The van der Waals surface area contributed by atoms with Gasteiger partial charge in [0, 0.05) is 18.1 Å². The van der Waals surface area contributed by atoms with Crippen LogP contribution >= 0.6 is 11.6 Å². The van der Waals surface area contributed by atoms with E-state index in [2.05, 4.69) is 15.2 Å². The van der Waals surface area contributed by atoms with Gasteiger partial charge in [-0.05, 0) is 30.5 Å². The smallest absolute Gasteiger partial charge is 0.201 e. The molecule has 0 bridgehead atoms. The summed E-state index contributed by atoms with van der Waals surface area (Å²) in [7, 11) is 0. The number of rotatable bonds is 2. The summed E-state index contributed by atoms with van der Waals surface area (Å²) in [6.45, 7) is 2.46. The fourth-order valence-electron chi connectivity index (χ4n) is 2.02. The van der Waals surface area contributed by atoms with E-state index in [-0.39, 0.29) is 5.96 Å². The van der Waals surface area contributed by atoms with Crippen molar-refractivity contribution >= 4 is 23.5 Å². The van der Waals surface area contributed by atoms with E-state index in [4.69, 9.17) is 22.7 Å². The van der Waals surface area contributed by atoms with Crippen LogP contribution < -0.4 is 11.1 Å². The Hall–Kier alpha value is -1.75. The van der Waals surface area contributed by atoms with E-state index in [0.29, 0.717) is 17.5 Å². The van der Waals surface area contributed by atoms with Crippen LogP contribution in [0.2, 0.25) is 5.02 Å². The van der Waals surface area contributed by atoms with Crippen LogP contribution in [0.3, 0.4) is 0 Å². The standard InChI is InChI=1S/C13H18ClN5/c14-11-5-3-10(4-6-11)9-17-13(18-12(15)16)19-7-1-2-8-19/h3-6H,1-2,7-9H2,(H4,15,16,17,18). The molecule has 1 fully saturated rings. The summed E-state index contributed by atoms with van der Waals surface area (Å²) >= 11 is 5.85. The molecular weight excluding hydrogens is 262 g/mol. The van der Waals surface area contributed by atoms with Gasteiger partial charge in [-0.3, -0.25) is 10.7 Å². The van der Waals surface area contributed by atoms with Crippen molar-refractivity contribution in [2.75, 3.05) is 13.1 Å². The van der Waals surface area contributed by atoms with E-state index in [1.54, 1.807) is 0 Å². The van der Waals surface area contributed by atoms with E-state index in [1.807, 2.05) is 24.3 Å². The second kappa shape index (κ2) is 6.43. The third kappa shape index (κ3) is 4.13. The van der Waals surface area contributed by atoms with Crippen molar-refractivity contribution in [1.29, 1.82) is 5.41 Å². The summed E-state index contributed by atoms with van der Waals surface area (Å²) in [5.41, 5.74) is 6.47. The Labute approximate surface area is 118 Å². The van der Waals surface area contributed by atoms with Crippen LogP contribution in [0.4, 0.5) is 0 Å². The fourth-order valence-corrected chi connectivity index (χ4v) is 2.15. The molecule has 0 unspecified atom stereocenters. The molecule has 1 aromatic carbocycles. The zero-order valence-corrected chi connectivity index (χ0v) is 11.5. The highest BCUT2D eigenvalue weighted by molar-refractivity contribution is 6.30. The third-order valence-electron chi connectivity index (χ3n) is 2.98. The van der Waals surface area contributed by atoms with Crippen molar-refractivity contribution in [3.05, 3.63) is 34.9 Å². The lowest BCUT2D eigenvalue weighted by atomic mass is 10.2. The molecule has 0 radical (unpaired) electrons. The van der Waals surface area contributed by atoms with Crippen LogP contribution in [0.25, 0.3) is 0 Å². The molecule has 1 aliphatic rings. The molecule has 0 atom stereocenters. The van der Waals surface area contributed by atoms with Crippen LogP contribution in [0.1, 0.15) is 18.4 Å². The Balaban J connectivity index is 2.06. The molecule has 0 aliphatic carbocycles. The van der Waals surface area contributed by atoms with Crippen molar-refractivity contribution in [2.45, 2.75) is 19.4 Å². The van der Waals surface area contributed by atoms with Gasteiger partial charge in [-0.2, -0.15) is 0 Å². The van der Waals surface area contributed by atoms with Gasteiger partial charge in [0.25, 0.3) is 0 Å². The molecule has 1 aliphatic heterocycles. The highest BCUT2D eigenvalue weighted by Gasteiger charge is 2.16. The van der Waals surface area contributed by atoms with Gasteiger partial charge in [-0.25, -0.2) is 4.99 Å². The van der Waals surface area contributed by atoms with Crippen LogP contribution in [-0.2, 0) is 6.54 Å². The second-order valence-corrected chi connectivity index (χ2v) is 4.94. The normalized spacial score (nSPS) is 15.6. The van der Waals surface area contributed by atoms with Crippen molar-refractivity contribution in [3.63, 3.8) is 0 Å². The summed E-state index contributed by atoms with van der Waals surface area (Å²) in [6, 6.07) is 7.59. The molecule has 4 N–H and O–H groups in total. The second-order valence-electron chi connectivity index (χ2n) is 4.50. The van der Waals surface area contributed by atoms with Crippen molar-refractivity contribution in [1.82, 2.24) is 10.2 Å². The number of hydrogen-bond donors (Lipinski definition) is 3. The zero-order valence-electron chi connectivity index (χ0n) is 10.7. The summed E-state index contributed by atoms with van der Waals surface area (Å²) in [5, 5.41) is 10.9. The SMILES string of the molecule is N=C(N)N/C(=N/Cc1ccc(Cl)cc1)N1CCCC1. The van der Waals surface area contributed by atoms with Gasteiger partial charge in [0.1, 0.15) is 0 Å². The topological polar surface area (TPSA) is 77.5 Å². The van der Waals surface area contributed by atoms with Crippen molar-refractivity contribution in [2.24, 2.45) is 10.7 Å². The van der Waals surface area contributed by atoms with Gasteiger partial charge in [0.15, 0.2) is 5.96 Å². The number of aliphatic imine (C=N–C) groups is 1. The minimum atomic E-state index is -0.0817. The Morgan fingerprint density at radius 1 is 1.32 bits per heavy atom. The van der Waals surface area contributed by atoms with E-state index in [1.165, 1.54) is 0 Å². The van der Waals surface area contributed by atoms with Crippen LogP contribution in [-0.4, -0.2) is 29.9 Å². The number of nitrogens with zero attached hydrogens (tertiary/aromatic N) is 2. The molecule has 19 heavy (non-hydrogen) atoms. The summed E-state index contributed by atoms with van der Waals surface area (Å²) in [5.74, 6) is 0.599. The van der Waals surface area contributed by atoms with Gasteiger partial charge in [-0.15, -0.1) is 0 Å². The molecule has 1 saturated heterocycles. The number of guanidine groups is 2. The average molecular weight is 280 g/mol. The minimum Gasteiger partial charge on any atom is -0.370 e. The molecule has 0 aromatic heterocycles. The van der Waals surface area contributed by atoms with Gasteiger partial charge in [-0.1, -0.05) is 23.7 Å². The van der Waals surface area contributed by atoms with E-state index < -0.39 is 0 Å². The van der Waals surface area contributed by atoms with E-state index >= 15 is 0 Å². The Kier molecular flexibility index (Phi) is 4.63. The van der Waals surface area contributed by atoms with Crippen molar-refractivity contribution < 1.29 is 0 Å². The van der Waals surface area contributed by atoms with Crippen LogP contribution in [0.15, 0.2) is 29.3 Å². The lowest BCUT2D eigenvalue weighted by molar-refractivity contribution is 0.503. The predicted octanol–water partition coefficient (Wildman–Crippen LogP) is 1.77. The maximum Gasteiger partial charge on any atom is 0.201 e. The monoisotopic (exact) mass is 279 g/mol. The zero-order chi connectivity index (χ0) is 13.7. The number of likely N-dealkylation sites (tertiary alicyclic amines) is 1. The van der Waals surface area contributed by atoms with Crippen molar-refractivity contribution in [3.8, 4) is 0 Å². The molecule has 0 saturated carbocycles. The third-order valence-corrected chi connectivity index (χ3v) is 3.23. The molecule has 0 amide bonds. The quantitative estimate of drug-likeness (QED) is 0.570. The molecule has 5 nitrogen and oxygen atoms in total. The lowest BCUT2D eigenvalue weighted by Crippen LogP contribution is -2.45. The average Bonchev–Trinajstić information content (AvgIpc) is 2.90. The molecular formula is C13H18ClN5. The molecule has 0 spiro atoms. The highest BCUT2D eigenvalue weighted by atomic mass is 35.5. The lowest BCUT2D eigenvalue weighted by Gasteiger charge is -2.20. The van der Waals surface area contributed by atoms with Gasteiger partial charge < -0.3 is 10.6 Å². The van der Waals surface area contributed by atoms with Crippen LogP contribution in [0, 0.1) is 5.41 Å². The molecule has 1 aromatic rings. The largest absolute Gasteiger partial charge is 0.370 e. The summed E-state index contributed by atoms with van der Waals surface area (Å²) < 4.78 is 0. The minimum absolute atomic E-state index is 0.0817. The Morgan fingerprint density at radius 2 is 1.95 bits per heavy atom. The predicted molar refractivity (Wildman–Crippen MR) is 78.4 cm³/mol. The Morgan fingerprint density at radius 3 is 2.53 bits per heavy atom. The fraction of sp³-hybridized carbons (Fsp3) is 0.385. The first-order valence-corrected chi connectivity index (χ1v) is 6.68. The van der Waals surface area contributed by atoms with Gasteiger partial charge in [0.05, 0.1) is 6.54 Å². The van der Waals surface area contributed by atoms with E-state index in [9.17, 15) is 0 Å². The number of nitrogens with two attached hydrogens (primary N) is 1. The first kappa shape index (κ1) is 13.7. The molecule has 102 valence electrons. The van der Waals surface area contributed by atoms with E-state index in [0.717, 1.165) is 31.5 Å². The number of hydrogen-bond acceptors (Lipinski definition) is 2. The maximum absolute atomic E-state index is 7.34. The Bertz CT molecular complexity index is 462. The summed E-state index contributed by atoms with van der Waals surface area (Å²) in [4.78, 5) is 6.64. The van der Waals surface area contributed by atoms with Gasteiger partial charge in [0.2, 0.25) is 5.96 Å². The summed E-state index contributed by atoms with van der Waals surface area (Å²) in [6.07, 6.45) is 2.30. The van der Waals surface area contributed by atoms with Gasteiger partial charge >= 0.3 is 0 Å². The number of nitrogens with one attached hydrogen (secondary N) is 2. The van der Waals surface area contributed by atoms with Crippen LogP contribution in [0.5, 0.6) is 0 Å². The number of halogens is 1. The molecule has 6 heteroatoms. The number of benzene rings is 1.